The number of rotatable bonds is 0. The van der Waals surface area contributed by atoms with E-state index in [9.17, 15) is 0 Å². The molecule has 0 aromatic rings. The van der Waals surface area contributed by atoms with Crippen LogP contribution >= 0.6 is 12.2 Å². The summed E-state index contributed by atoms with van der Waals surface area (Å²) in [5.41, 5.74) is 6.82. The number of hydrogen-bond acceptors (Lipinski definition) is 2. The van der Waals surface area contributed by atoms with Crippen LogP contribution < -0.4 is 17.0 Å². The quantitative estimate of drug-likeness (QED) is 0.176. The molecule has 0 aromatic carbocycles. The molecule has 0 atom stereocenters. The average Bonchev–Trinajstić information content (AvgIpc) is 1.38. The molecule has 0 aromatic heterocycles. The number of hydrazine groups is 1. The van der Waals surface area contributed by atoms with Gasteiger partial charge in [-0.25, -0.2) is 5.84 Å². The van der Waals surface area contributed by atoms with Gasteiger partial charge in [0.25, 0.3) is 0 Å². The number of nitrogens with one attached hydrogen (secondary N) is 1. The minimum atomic E-state index is 0. The van der Waals surface area contributed by atoms with Gasteiger partial charge in [-0.05, 0) is 12.2 Å². The van der Waals surface area contributed by atoms with E-state index in [4.69, 9.17) is 5.73 Å². The maximum Gasteiger partial charge on any atom is 2.00 e. The van der Waals surface area contributed by atoms with Gasteiger partial charge in [-0.2, -0.15) is 0 Å². The van der Waals surface area contributed by atoms with Gasteiger partial charge in [0.05, 0.1) is 0 Å². The van der Waals surface area contributed by atoms with E-state index < -0.39 is 0 Å². The van der Waals surface area contributed by atoms with Crippen LogP contribution in [0.4, 0.5) is 0 Å². The van der Waals surface area contributed by atoms with Crippen LogP contribution in [0.5, 0.6) is 0 Å². The van der Waals surface area contributed by atoms with E-state index in [-0.39, 0.29) is 24.6 Å². The Morgan fingerprint density at radius 2 is 1.83 bits per heavy atom. The third-order valence-electron chi connectivity index (χ3n) is 0.142. The van der Waals surface area contributed by atoms with Crippen LogP contribution in [-0.2, 0) is 19.5 Å². The SMILES string of the molecule is NNC(N)=S.[Zn+2]. The minimum absolute atomic E-state index is 0. The fourth-order valence-electron chi connectivity index (χ4n) is 0. The summed E-state index contributed by atoms with van der Waals surface area (Å²) in [5, 5.41) is 0.116. The van der Waals surface area contributed by atoms with Crippen molar-refractivity contribution in [2.75, 3.05) is 0 Å². The van der Waals surface area contributed by atoms with Crippen molar-refractivity contribution in [3.05, 3.63) is 0 Å². The number of nitrogens with two attached hydrogens (primary N) is 2. The smallest absolute Gasteiger partial charge is 0.375 e. The Balaban J connectivity index is 0. The van der Waals surface area contributed by atoms with E-state index in [2.05, 4.69) is 18.1 Å². The van der Waals surface area contributed by atoms with Crippen LogP contribution in [0.15, 0.2) is 0 Å². The summed E-state index contributed by atoms with van der Waals surface area (Å²) >= 11 is 4.24. The summed E-state index contributed by atoms with van der Waals surface area (Å²) in [6, 6.07) is 0. The molecule has 0 aliphatic heterocycles. The Morgan fingerprint density at radius 3 is 1.83 bits per heavy atom. The van der Waals surface area contributed by atoms with Crippen LogP contribution in [0.25, 0.3) is 0 Å². The monoisotopic (exact) mass is 155 g/mol. The summed E-state index contributed by atoms with van der Waals surface area (Å²) in [7, 11) is 0. The van der Waals surface area contributed by atoms with Gasteiger partial charge in [0.2, 0.25) is 0 Å². The third kappa shape index (κ3) is 8.86. The second-order valence-corrected chi connectivity index (χ2v) is 0.948. The van der Waals surface area contributed by atoms with Gasteiger partial charge in [-0.3, -0.25) is 0 Å². The minimum Gasteiger partial charge on any atom is -0.375 e. The van der Waals surface area contributed by atoms with E-state index in [0.29, 0.717) is 0 Å². The van der Waals surface area contributed by atoms with Crippen molar-refractivity contribution in [3.63, 3.8) is 0 Å². The molecule has 3 nitrogen and oxygen atoms in total. The normalized spacial score (nSPS) is 5.50. The Labute approximate surface area is 54.2 Å². The van der Waals surface area contributed by atoms with E-state index in [0.717, 1.165) is 0 Å². The zero-order chi connectivity index (χ0) is 4.28. The van der Waals surface area contributed by atoms with Crippen LogP contribution in [0.3, 0.4) is 0 Å². The fraction of sp³-hybridized carbons (Fsp3) is 0. The fourth-order valence-corrected chi connectivity index (χ4v) is 0. The molecule has 0 aliphatic rings. The Hall–Kier alpha value is 0.273. The van der Waals surface area contributed by atoms with Crippen LogP contribution in [-0.4, -0.2) is 5.11 Å². The summed E-state index contributed by atoms with van der Waals surface area (Å²) in [4.78, 5) is 0. The maximum atomic E-state index is 4.79. The number of thiocarbonyl (C=S) groups is 1. The summed E-state index contributed by atoms with van der Waals surface area (Å²) in [6.07, 6.45) is 0. The molecular weight excluding hydrogens is 151 g/mol. The second kappa shape index (κ2) is 5.27. The largest absolute Gasteiger partial charge is 2.00 e. The van der Waals surface area contributed by atoms with Gasteiger partial charge in [-0.1, -0.05) is 0 Å². The first-order valence-corrected chi connectivity index (χ1v) is 1.44. The van der Waals surface area contributed by atoms with Crippen molar-refractivity contribution < 1.29 is 19.5 Å². The molecule has 30 valence electrons. The molecule has 5 heteroatoms. The first kappa shape index (κ1) is 9.55. The van der Waals surface area contributed by atoms with E-state index in [1.165, 1.54) is 0 Å². The molecule has 0 unspecified atom stereocenters. The molecule has 0 rings (SSSR count). The summed E-state index contributed by atoms with van der Waals surface area (Å²) in [5.74, 6) is 4.66. The van der Waals surface area contributed by atoms with Crippen molar-refractivity contribution in [3.8, 4) is 0 Å². The van der Waals surface area contributed by atoms with Gasteiger partial charge in [0.15, 0.2) is 5.11 Å². The van der Waals surface area contributed by atoms with Crippen molar-refractivity contribution >= 4 is 17.3 Å². The van der Waals surface area contributed by atoms with Crippen LogP contribution in [0.2, 0.25) is 0 Å². The van der Waals surface area contributed by atoms with Gasteiger partial charge in [0, 0.05) is 0 Å². The molecular formula is CH5N3SZn+2. The molecule has 0 radical (unpaired) electrons. The maximum absolute atomic E-state index is 4.79. The van der Waals surface area contributed by atoms with Gasteiger partial charge in [0.1, 0.15) is 0 Å². The van der Waals surface area contributed by atoms with Crippen LogP contribution in [0.1, 0.15) is 0 Å². The van der Waals surface area contributed by atoms with Gasteiger partial charge < -0.3 is 11.2 Å². The molecule has 5 N–H and O–H groups in total. The predicted molar refractivity (Wildman–Crippen MR) is 24.1 cm³/mol. The van der Waals surface area contributed by atoms with Gasteiger partial charge >= 0.3 is 19.5 Å². The molecule has 0 amide bonds. The number of hydrogen-bond donors (Lipinski definition) is 3. The zero-order valence-electron chi connectivity index (χ0n) is 3.27. The first-order chi connectivity index (χ1) is 2.27. The molecule has 0 bridgehead atoms. The summed E-state index contributed by atoms with van der Waals surface area (Å²) in [6.45, 7) is 0. The predicted octanol–water partition coefficient (Wildman–Crippen LogP) is -1.31. The summed E-state index contributed by atoms with van der Waals surface area (Å²) < 4.78 is 0. The first-order valence-electron chi connectivity index (χ1n) is 1.03. The molecule has 0 heterocycles. The average molecular weight is 157 g/mol. The Morgan fingerprint density at radius 1 is 1.67 bits per heavy atom. The van der Waals surface area contributed by atoms with E-state index >= 15 is 0 Å². The van der Waals surface area contributed by atoms with Crippen molar-refractivity contribution in [2.24, 2.45) is 11.6 Å². The van der Waals surface area contributed by atoms with E-state index in [1.54, 1.807) is 0 Å². The van der Waals surface area contributed by atoms with Crippen molar-refractivity contribution in [1.82, 2.24) is 5.43 Å². The zero-order valence-corrected chi connectivity index (χ0v) is 7.05. The standard InChI is InChI=1S/CH5N3S.Zn/c2-1(5)4-3;/h3H2,(H3,2,4,5);/q;+2. The molecule has 0 spiro atoms. The molecule has 6 heavy (non-hydrogen) atoms. The topological polar surface area (TPSA) is 64.1 Å². The molecule has 0 saturated carbocycles. The Kier molecular flexibility index (Phi) is 8.40. The van der Waals surface area contributed by atoms with Gasteiger partial charge in [-0.15, -0.1) is 0 Å². The Bertz CT molecular complexity index is 46.1. The van der Waals surface area contributed by atoms with E-state index in [1.807, 2.05) is 5.43 Å². The van der Waals surface area contributed by atoms with Crippen LogP contribution in [0, 0.1) is 0 Å². The third-order valence-corrected chi connectivity index (χ3v) is 0.260. The molecule has 0 aliphatic carbocycles. The van der Waals surface area contributed by atoms with Crippen molar-refractivity contribution in [2.45, 2.75) is 0 Å². The van der Waals surface area contributed by atoms with Crippen molar-refractivity contribution in [1.29, 1.82) is 0 Å². The molecule has 0 fully saturated rings. The second-order valence-electron chi connectivity index (χ2n) is 0.509. The molecule has 0 saturated heterocycles.